The Labute approximate surface area is 133 Å². The molecule has 0 spiro atoms. The second kappa shape index (κ2) is 6.72. The van der Waals surface area contributed by atoms with E-state index < -0.39 is 0 Å². The van der Waals surface area contributed by atoms with Crippen LogP contribution in [0.25, 0.3) is 0 Å². The molecule has 1 amide bonds. The molecule has 0 saturated carbocycles. The van der Waals surface area contributed by atoms with Crippen LogP contribution in [0.3, 0.4) is 0 Å². The number of nitrogen functional groups attached to an aromatic ring is 1. The molecule has 0 saturated heterocycles. The standard InChI is InChI=1S/C16H18BrN3O/c1-11(2)20(10-12-6-3-4-8-14(12)18)16(21)15-13(17)7-5-9-19-15/h3-9,11H,10,18H2,1-2H3. The van der Waals surface area contributed by atoms with Crippen LogP contribution in [0.4, 0.5) is 5.69 Å². The number of pyridine rings is 1. The van der Waals surface area contributed by atoms with Gasteiger partial charge in [-0.1, -0.05) is 18.2 Å². The lowest BCUT2D eigenvalue weighted by molar-refractivity contribution is 0.0683. The predicted molar refractivity (Wildman–Crippen MR) is 87.8 cm³/mol. The van der Waals surface area contributed by atoms with Crippen molar-refractivity contribution in [2.75, 3.05) is 5.73 Å². The first-order valence-corrected chi connectivity index (χ1v) is 7.55. The van der Waals surface area contributed by atoms with Gasteiger partial charge in [0, 0.05) is 28.9 Å². The van der Waals surface area contributed by atoms with Crippen molar-refractivity contribution in [3.8, 4) is 0 Å². The van der Waals surface area contributed by atoms with Crippen molar-refractivity contribution >= 4 is 27.5 Å². The van der Waals surface area contributed by atoms with E-state index in [1.165, 1.54) is 0 Å². The fraction of sp³-hybridized carbons (Fsp3) is 0.250. The Morgan fingerprint density at radius 2 is 2.00 bits per heavy atom. The normalized spacial score (nSPS) is 10.7. The maximum absolute atomic E-state index is 12.7. The van der Waals surface area contributed by atoms with Crippen LogP contribution in [0.2, 0.25) is 0 Å². The van der Waals surface area contributed by atoms with Gasteiger partial charge in [0.05, 0.1) is 0 Å². The van der Waals surface area contributed by atoms with Gasteiger partial charge in [-0.2, -0.15) is 0 Å². The molecule has 0 aliphatic rings. The van der Waals surface area contributed by atoms with Crippen LogP contribution < -0.4 is 5.73 Å². The number of rotatable bonds is 4. The molecular formula is C16H18BrN3O. The lowest BCUT2D eigenvalue weighted by Gasteiger charge is -2.27. The van der Waals surface area contributed by atoms with Gasteiger partial charge in [-0.15, -0.1) is 0 Å². The van der Waals surface area contributed by atoms with E-state index in [0.29, 0.717) is 22.4 Å². The SMILES string of the molecule is CC(C)N(Cc1ccccc1N)C(=O)c1ncccc1Br. The van der Waals surface area contributed by atoms with Crippen molar-refractivity contribution < 1.29 is 4.79 Å². The van der Waals surface area contributed by atoms with Crippen molar-refractivity contribution in [3.05, 3.63) is 58.3 Å². The molecule has 2 N–H and O–H groups in total. The van der Waals surface area contributed by atoms with Crippen LogP contribution in [0.15, 0.2) is 47.1 Å². The van der Waals surface area contributed by atoms with Crippen LogP contribution in [0.1, 0.15) is 29.9 Å². The maximum atomic E-state index is 12.7. The van der Waals surface area contributed by atoms with Crippen LogP contribution in [-0.4, -0.2) is 21.8 Å². The summed E-state index contributed by atoms with van der Waals surface area (Å²) in [6.45, 7) is 4.42. The third-order valence-corrected chi connectivity index (χ3v) is 3.88. The lowest BCUT2D eigenvalue weighted by Crippen LogP contribution is -2.37. The van der Waals surface area contributed by atoms with Crippen molar-refractivity contribution in [1.29, 1.82) is 0 Å². The van der Waals surface area contributed by atoms with Gasteiger partial charge in [0.2, 0.25) is 0 Å². The predicted octanol–water partition coefficient (Wildman–Crippen LogP) is 3.48. The summed E-state index contributed by atoms with van der Waals surface area (Å²) in [5, 5.41) is 0. The summed E-state index contributed by atoms with van der Waals surface area (Å²) in [7, 11) is 0. The Morgan fingerprint density at radius 3 is 2.62 bits per heavy atom. The minimum atomic E-state index is -0.110. The van der Waals surface area contributed by atoms with Crippen LogP contribution in [0.5, 0.6) is 0 Å². The molecule has 1 aromatic carbocycles. The van der Waals surface area contributed by atoms with Crippen molar-refractivity contribution in [2.24, 2.45) is 0 Å². The second-order valence-electron chi connectivity index (χ2n) is 5.06. The molecule has 0 aliphatic heterocycles. The number of halogens is 1. The summed E-state index contributed by atoms with van der Waals surface area (Å²) in [5.74, 6) is -0.110. The quantitative estimate of drug-likeness (QED) is 0.861. The second-order valence-corrected chi connectivity index (χ2v) is 5.91. The molecule has 21 heavy (non-hydrogen) atoms. The lowest BCUT2D eigenvalue weighted by atomic mass is 10.1. The number of hydrogen-bond donors (Lipinski definition) is 1. The number of anilines is 1. The number of amides is 1. The number of carbonyl (C=O) groups is 1. The minimum absolute atomic E-state index is 0.0472. The number of carbonyl (C=O) groups excluding carboxylic acids is 1. The molecule has 0 radical (unpaired) electrons. The zero-order chi connectivity index (χ0) is 15.4. The number of para-hydroxylation sites is 1. The summed E-state index contributed by atoms with van der Waals surface area (Å²) in [5.41, 5.74) is 8.02. The van der Waals surface area contributed by atoms with Gasteiger partial charge < -0.3 is 10.6 Å². The smallest absolute Gasteiger partial charge is 0.274 e. The fourth-order valence-electron chi connectivity index (χ4n) is 2.03. The van der Waals surface area contributed by atoms with E-state index in [1.54, 1.807) is 17.2 Å². The highest BCUT2D eigenvalue weighted by Gasteiger charge is 2.22. The molecule has 2 rings (SSSR count). The van der Waals surface area contributed by atoms with E-state index in [9.17, 15) is 4.79 Å². The Kier molecular flexibility index (Phi) is 4.96. The number of benzene rings is 1. The van der Waals surface area contributed by atoms with Gasteiger partial charge in [-0.25, -0.2) is 4.98 Å². The number of hydrogen-bond acceptors (Lipinski definition) is 3. The Bertz CT molecular complexity index is 643. The number of nitrogens with zero attached hydrogens (tertiary/aromatic N) is 2. The van der Waals surface area contributed by atoms with Gasteiger partial charge in [0.1, 0.15) is 5.69 Å². The highest BCUT2D eigenvalue weighted by Crippen LogP contribution is 2.20. The molecule has 1 aromatic heterocycles. The molecule has 0 aliphatic carbocycles. The summed E-state index contributed by atoms with van der Waals surface area (Å²) < 4.78 is 0.696. The maximum Gasteiger partial charge on any atom is 0.274 e. The summed E-state index contributed by atoms with van der Waals surface area (Å²) >= 11 is 3.38. The Morgan fingerprint density at radius 1 is 1.29 bits per heavy atom. The van der Waals surface area contributed by atoms with Gasteiger partial charge in [0.25, 0.3) is 5.91 Å². The monoisotopic (exact) mass is 347 g/mol. The van der Waals surface area contributed by atoms with Crippen LogP contribution in [0, 0.1) is 0 Å². The molecule has 110 valence electrons. The van der Waals surface area contributed by atoms with E-state index in [1.807, 2.05) is 44.2 Å². The molecule has 2 aromatic rings. The van der Waals surface area contributed by atoms with Crippen molar-refractivity contribution in [1.82, 2.24) is 9.88 Å². The molecule has 1 heterocycles. The Hall–Kier alpha value is -1.88. The van der Waals surface area contributed by atoms with Gasteiger partial charge >= 0.3 is 0 Å². The zero-order valence-corrected chi connectivity index (χ0v) is 13.7. The first kappa shape index (κ1) is 15.5. The Balaban J connectivity index is 2.30. The van der Waals surface area contributed by atoms with E-state index in [0.717, 1.165) is 5.56 Å². The first-order chi connectivity index (χ1) is 10.0. The minimum Gasteiger partial charge on any atom is -0.398 e. The number of nitrogens with two attached hydrogens (primary N) is 1. The van der Waals surface area contributed by atoms with Crippen molar-refractivity contribution in [3.63, 3.8) is 0 Å². The van der Waals surface area contributed by atoms with Crippen LogP contribution >= 0.6 is 15.9 Å². The van der Waals surface area contributed by atoms with Crippen LogP contribution in [-0.2, 0) is 6.54 Å². The summed E-state index contributed by atoms with van der Waals surface area (Å²) in [6, 6.07) is 11.2. The molecule has 0 bridgehead atoms. The third kappa shape index (κ3) is 3.61. The summed E-state index contributed by atoms with van der Waals surface area (Å²) in [6.07, 6.45) is 1.62. The van der Waals surface area contributed by atoms with E-state index in [2.05, 4.69) is 20.9 Å². The molecule has 4 nitrogen and oxygen atoms in total. The topological polar surface area (TPSA) is 59.2 Å². The van der Waals surface area contributed by atoms with Gasteiger partial charge in [-0.3, -0.25) is 4.79 Å². The molecule has 0 unspecified atom stereocenters. The third-order valence-electron chi connectivity index (χ3n) is 3.24. The number of aromatic nitrogens is 1. The highest BCUT2D eigenvalue weighted by molar-refractivity contribution is 9.10. The molecule has 0 atom stereocenters. The average molecular weight is 348 g/mol. The highest BCUT2D eigenvalue weighted by atomic mass is 79.9. The first-order valence-electron chi connectivity index (χ1n) is 6.75. The molecule has 0 fully saturated rings. The van der Waals surface area contributed by atoms with Crippen molar-refractivity contribution in [2.45, 2.75) is 26.4 Å². The summed E-state index contributed by atoms with van der Waals surface area (Å²) in [4.78, 5) is 18.7. The molecule has 5 heteroatoms. The van der Waals surface area contributed by atoms with E-state index in [-0.39, 0.29) is 11.9 Å². The largest absolute Gasteiger partial charge is 0.398 e. The fourth-order valence-corrected chi connectivity index (χ4v) is 2.45. The average Bonchev–Trinajstić information content (AvgIpc) is 2.46. The molecular weight excluding hydrogens is 330 g/mol. The van der Waals surface area contributed by atoms with E-state index in [4.69, 9.17) is 5.73 Å². The zero-order valence-electron chi connectivity index (χ0n) is 12.1. The van der Waals surface area contributed by atoms with Gasteiger partial charge in [-0.05, 0) is 53.5 Å². The van der Waals surface area contributed by atoms with Gasteiger partial charge in [0.15, 0.2) is 0 Å². The van der Waals surface area contributed by atoms with E-state index >= 15 is 0 Å².